The highest BCUT2D eigenvalue weighted by molar-refractivity contribution is 6.32. The normalized spacial score (nSPS) is 11.5. The van der Waals surface area contributed by atoms with E-state index in [1.807, 2.05) is 36.4 Å². The molecule has 0 heterocycles. The fourth-order valence-corrected chi connectivity index (χ4v) is 2.17. The predicted molar refractivity (Wildman–Crippen MR) is 89.6 cm³/mol. The molecular formula is C17H19Cl2NO. The van der Waals surface area contributed by atoms with Gasteiger partial charge in [-0.25, -0.2) is 0 Å². The van der Waals surface area contributed by atoms with E-state index in [0.29, 0.717) is 21.5 Å². The van der Waals surface area contributed by atoms with Gasteiger partial charge in [-0.05, 0) is 50.6 Å². The molecule has 0 aliphatic heterocycles. The zero-order valence-corrected chi connectivity index (χ0v) is 13.9. The first-order valence-electron chi connectivity index (χ1n) is 6.81. The Labute approximate surface area is 136 Å². The van der Waals surface area contributed by atoms with Crippen LogP contribution in [-0.2, 0) is 6.54 Å². The van der Waals surface area contributed by atoms with Crippen LogP contribution in [0.15, 0.2) is 42.5 Å². The topological polar surface area (TPSA) is 21.3 Å². The lowest BCUT2D eigenvalue weighted by atomic mass is 10.1. The largest absolute Gasteiger partial charge is 0.454 e. The summed E-state index contributed by atoms with van der Waals surface area (Å²) in [6.45, 7) is 7.14. The number of benzene rings is 2. The average molecular weight is 324 g/mol. The molecular weight excluding hydrogens is 305 g/mol. The Morgan fingerprint density at radius 1 is 0.952 bits per heavy atom. The summed E-state index contributed by atoms with van der Waals surface area (Å²) in [5.74, 6) is 1.20. The van der Waals surface area contributed by atoms with E-state index in [-0.39, 0.29) is 5.54 Å². The molecule has 2 rings (SSSR count). The Hall–Kier alpha value is -1.22. The summed E-state index contributed by atoms with van der Waals surface area (Å²) in [7, 11) is 0. The average Bonchev–Trinajstić information content (AvgIpc) is 2.41. The van der Waals surface area contributed by atoms with Crippen LogP contribution in [0.4, 0.5) is 0 Å². The Balaban J connectivity index is 2.11. The Bertz CT molecular complexity index is 620. The molecule has 0 aromatic heterocycles. The highest BCUT2D eigenvalue weighted by Gasteiger charge is 2.10. The smallest absolute Gasteiger partial charge is 0.146 e. The maximum Gasteiger partial charge on any atom is 0.146 e. The van der Waals surface area contributed by atoms with Crippen LogP contribution in [0.25, 0.3) is 0 Å². The van der Waals surface area contributed by atoms with E-state index in [9.17, 15) is 0 Å². The minimum Gasteiger partial charge on any atom is -0.454 e. The minimum atomic E-state index is 0.0687. The second kappa shape index (κ2) is 6.69. The second-order valence-corrected chi connectivity index (χ2v) is 6.72. The van der Waals surface area contributed by atoms with Gasteiger partial charge in [-0.1, -0.05) is 41.4 Å². The molecule has 2 aromatic carbocycles. The molecule has 0 bridgehead atoms. The van der Waals surface area contributed by atoms with E-state index in [1.165, 1.54) is 0 Å². The SMILES string of the molecule is CC(C)(C)NCc1ccc(Oc2ccccc2Cl)c(Cl)c1. The summed E-state index contributed by atoms with van der Waals surface area (Å²) in [6.07, 6.45) is 0. The number of para-hydroxylation sites is 1. The van der Waals surface area contributed by atoms with Crippen molar-refractivity contribution in [2.45, 2.75) is 32.9 Å². The maximum absolute atomic E-state index is 6.29. The van der Waals surface area contributed by atoms with Crippen LogP contribution in [-0.4, -0.2) is 5.54 Å². The number of nitrogens with one attached hydrogen (secondary N) is 1. The zero-order valence-electron chi connectivity index (χ0n) is 12.4. The van der Waals surface area contributed by atoms with Crippen molar-refractivity contribution in [1.29, 1.82) is 0 Å². The van der Waals surface area contributed by atoms with Crippen LogP contribution in [0.2, 0.25) is 10.0 Å². The van der Waals surface area contributed by atoms with Gasteiger partial charge in [0.2, 0.25) is 0 Å². The molecule has 0 amide bonds. The number of halogens is 2. The number of hydrogen-bond donors (Lipinski definition) is 1. The van der Waals surface area contributed by atoms with E-state index < -0.39 is 0 Å². The first-order valence-corrected chi connectivity index (χ1v) is 7.56. The lowest BCUT2D eigenvalue weighted by Gasteiger charge is -2.20. The number of hydrogen-bond acceptors (Lipinski definition) is 2. The van der Waals surface area contributed by atoms with E-state index >= 15 is 0 Å². The molecule has 0 atom stereocenters. The monoisotopic (exact) mass is 323 g/mol. The lowest BCUT2D eigenvalue weighted by molar-refractivity contribution is 0.424. The lowest BCUT2D eigenvalue weighted by Crippen LogP contribution is -2.35. The summed E-state index contributed by atoms with van der Waals surface area (Å²) < 4.78 is 5.76. The number of ether oxygens (including phenoxy) is 1. The first kappa shape index (κ1) is 16.2. The van der Waals surface area contributed by atoms with E-state index in [0.717, 1.165) is 12.1 Å². The number of rotatable bonds is 4. The van der Waals surface area contributed by atoms with Crippen molar-refractivity contribution in [1.82, 2.24) is 5.32 Å². The third kappa shape index (κ3) is 4.92. The molecule has 2 aromatic rings. The van der Waals surface area contributed by atoms with Crippen molar-refractivity contribution in [2.75, 3.05) is 0 Å². The van der Waals surface area contributed by atoms with Crippen LogP contribution in [0.1, 0.15) is 26.3 Å². The molecule has 0 radical (unpaired) electrons. The van der Waals surface area contributed by atoms with Crippen molar-refractivity contribution in [3.8, 4) is 11.5 Å². The summed E-state index contributed by atoms with van der Waals surface area (Å²) in [5, 5.41) is 4.56. The van der Waals surface area contributed by atoms with Gasteiger partial charge < -0.3 is 10.1 Å². The van der Waals surface area contributed by atoms with Crippen LogP contribution < -0.4 is 10.1 Å². The van der Waals surface area contributed by atoms with Gasteiger partial charge in [0, 0.05) is 12.1 Å². The highest BCUT2D eigenvalue weighted by atomic mass is 35.5. The fourth-order valence-electron chi connectivity index (χ4n) is 1.75. The van der Waals surface area contributed by atoms with Crippen LogP contribution >= 0.6 is 23.2 Å². The Morgan fingerprint density at radius 2 is 1.62 bits per heavy atom. The van der Waals surface area contributed by atoms with Crippen molar-refractivity contribution in [3.63, 3.8) is 0 Å². The van der Waals surface area contributed by atoms with Crippen LogP contribution in [0.3, 0.4) is 0 Å². The molecule has 0 saturated heterocycles. The molecule has 0 fully saturated rings. The van der Waals surface area contributed by atoms with Gasteiger partial charge in [0.25, 0.3) is 0 Å². The van der Waals surface area contributed by atoms with E-state index in [2.05, 4.69) is 26.1 Å². The first-order chi connectivity index (χ1) is 9.85. The molecule has 0 aliphatic rings. The molecule has 2 nitrogen and oxygen atoms in total. The second-order valence-electron chi connectivity index (χ2n) is 5.90. The van der Waals surface area contributed by atoms with E-state index in [1.54, 1.807) is 6.07 Å². The van der Waals surface area contributed by atoms with Gasteiger partial charge in [0.05, 0.1) is 10.0 Å². The van der Waals surface area contributed by atoms with Gasteiger partial charge in [0.1, 0.15) is 11.5 Å². The Kier molecular flexibility index (Phi) is 5.15. The van der Waals surface area contributed by atoms with Gasteiger partial charge >= 0.3 is 0 Å². The van der Waals surface area contributed by atoms with Crippen LogP contribution in [0, 0.1) is 0 Å². The summed E-state index contributed by atoms with van der Waals surface area (Å²) in [5.41, 5.74) is 1.18. The molecule has 0 unspecified atom stereocenters. The molecule has 4 heteroatoms. The van der Waals surface area contributed by atoms with Gasteiger partial charge in [0.15, 0.2) is 0 Å². The van der Waals surface area contributed by atoms with Gasteiger partial charge in [-0.15, -0.1) is 0 Å². The third-order valence-corrected chi connectivity index (χ3v) is 3.48. The minimum absolute atomic E-state index is 0.0687. The zero-order chi connectivity index (χ0) is 15.5. The standard InChI is InChI=1S/C17H19Cl2NO/c1-17(2,3)20-11-12-8-9-16(14(19)10-12)21-15-7-5-4-6-13(15)18/h4-10,20H,11H2,1-3H3. The molecule has 21 heavy (non-hydrogen) atoms. The molecule has 1 N–H and O–H groups in total. The van der Waals surface area contributed by atoms with Crippen molar-refractivity contribution < 1.29 is 4.74 Å². The molecule has 0 aliphatic carbocycles. The molecule has 0 spiro atoms. The summed E-state index contributed by atoms with van der Waals surface area (Å²) in [6, 6.07) is 13.1. The summed E-state index contributed by atoms with van der Waals surface area (Å²) >= 11 is 12.4. The highest BCUT2D eigenvalue weighted by Crippen LogP contribution is 2.33. The molecule has 0 saturated carbocycles. The van der Waals surface area contributed by atoms with Crippen molar-refractivity contribution in [3.05, 3.63) is 58.1 Å². The molecule has 112 valence electrons. The quantitative estimate of drug-likeness (QED) is 0.782. The summed E-state index contributed by atoms with van der Waals surface area (Å²) in [4.78, 5) is 0. The van der Waals surface area contributed by atoms with Crippen LogP contribution in [0.5, 0.6) is 11.5 Å². The predicted octanol–water partition coefficient (Wildman–Crippen LogP) is 5.67. The van der Waals surface area contributed by atoms with Crippen molar-refractivity contribution in [2.24, 2.45) is 0 Å². The van der Waals surface area contributed by atoms with Gasteiger partial charge in [-0.3, -0.25) is 0 Å². The van der Waals surface area contributed by atoms with E-state index in [4.69, 9.17) is 27.9 Å². The maximum atomic E-state index is 6.29. The van der Waals surface area contributed by atoms with Gasteiger partial charge in [-0.2, -0.15) is 0 Å². The fraction of sp³-hybridized carbons (Fsp3) is 0.294. The third-order valence-electron chi connectivity index (χ3n) is 2.88. The Morgan fingerprint density at radius 3 is 2.24 bits per heavy atom. The van der Waals surface area contributed by atoms with Crippen molar-refractivity contribution >= 4 is 23.2 Å².